The molecular formula is C10H4F9IO. The van der Waals surface area contributed by atoms with Crippen LogP contribution in [0.25, 0.3) is 0 Å². The summed E-state index contributed by atoms with van der Waals surface area (Å²) in [4.78, 5) is 0. The number of benzene rings is 1. The fourth-order valence-electron chi connectivity index (χ4n) is 1.81. The Hall–Kier alpha value is -0.720. The number of hydrogen-bond donors (Lipinski definition) is 0. The molecule has 1 nitrogen and oxygen atoms in total. The second kappa shape index (κ2) is 4.64. The zero-order valence-corrected chi connectivity index (χ0v) is 11.7. The van der Waals surface area contributed by atoms with Gasteiger partial charge in [-0.05, 0) is 0 Å². The first-order valence-electron chi connectivity index (χ1n) is 5.01. The van der Waals surface area contributed by atoms with Crippen molar-refractivity contribution in [1.29, 1.82) is 0 Å². The molecule has 1 aromatic carbocycles. The van der Waals surface area contributed by atoms with Gasteiger partial charge >= 0.3 is 118 Å². The van der Waals surface area contributed by atoms with Gasteiger partial charge in [-0.2, -0.15) is 0 Å². The SMILES string of the molecule is FC(F)(F)I1OC(C(F)(F)F)(C(F)(F)F)c2ccccc21. The van der Waals surface area contributed by atoms with Gasteiger partial charge in [0.1, 0.15) is 0 Å². The molecule has 2 rings (SSSR count). The first-order chi connectivity index (χ1) is 9.32. The summed E-state index contributed by atoms with van der Waals surface area (Å²) in [5, 5.41) is 0. The zero-order valence-electron chi connectivity index (χ0n) is 9.50. The molecule has 0 N–H and O–H groups in total. The van der Waals surface area contributed by atoms with Gasteiger partial charge in [0.15, 0.2) is 0 Å². The second-order valence-electron chi connectivity index (χ2n) is 3.91. The molecule has 0 radical (unpaired) electrons. The van der Waals surface area contributed by atoms with E-state index in [2.05, 4.69) is 3.07 Å². The summed E-state index contributed by atoms with van der Waals surface area (Å²) in [6.07, 6.45) is -12.1. The number of halogens is 10. The van der Waals surface area contributed by atoms with Gasteiger partial charge in [0.25, 0.3) is 0 Å². The molecule has 0 saturated heterocycles. The van der Waals surface area contributed by atoms with Crippen molar-refractivity contribution in [3.05, 3.63) is 33.4 Å². The van der Waals surface area contributed by atoms with Crippen molar-refractivity contribution >= 4 is 20.2 Å². The summed E-state index contributed by atoms with van der Waals surface area (Å²) >= 11 is -5.14. The number of hydrogen-bond acceptors (Lipinski definition) is 1. The van der Waals surface area contributed by atoms with E-state index in [1.54, 1.807) is 0 Å². The quantitative estimate of drug-likeness (QED) is 0.310. The van der Waals surface area contributed by atoms with E-state index in [1.165, 1.54) is 0 Å². The molecule has 0 bridgehead atoms. The van der Waals surface area contributed by atoms with Crippen molar-refractivity contribution in [2.45, 2.75) is 22.1 Å². The van der Waals surface area contributed by atoms with Crippen LogP contribution in [-0.2, 0) is 8.67 Å². The normalized spacial score (nSPS) is 20.5. The van der Waals surface area contributed by atoms with Gasteiger partial charge in [-0.25, -0.2) is 0 Å². The van der Waals surface area contributed by atoms with Crippen LogP contribution in [-0.4, -0.2) is 16.5 Å². The maximum absolute atomic E-state index is 13.0. The fraction of sp³-hybridized carbons (Fsp3) is 0.400. The molecule has 0 saturated carbocycles. The molecule has 0 atom stereocenters. The van der Waals surface area contributed by atoms with Crippen LogP contribution in [0.2, 0.25) is 0 Å². The van der Waals surface area contributed by atoms with Crippen LogP contribution in [0.5, 0.6) is 0 Å². The van der Waals surface area contributed by atoms with E-state index in [0.717, 1.165) is 12.1 Å². The molecule has 0 amide bonds. The molecule has 1 aliphatic heterocycles. The van der Waals surface area contributed by atoms with Gasteiger partial charge in [-0.15, -0.1) is 0 Å². The van der Waals surface area contributed by atoms with Crippen molar-refractivity contribution in [2.24, 2.45) is 0 Å². The van der Waals surface area contributed by atoms with Gasteiger partial charge in [-0.3, -0.25) is 0 Å². The third kappa shape index (κ3) is 2.37. The molecule has 1 aromatic rings. The Kier molecular flexibility index (Phi) is 3.67. The second-order valence-corrected chi connectivity index (χ2v) is 8.16. The predicted molar refractivity (Wildman–Crippen MR) is 60.1 cm³/mol. The molecule has 120 valence electrons. The van der Waals surface area contributed by atoms with E-state index < -0.39 is 51.5 Å². The number of fused-ring (bicyclic) bond motifs is 1. The first kappa shape index (κ1) is 16.6. The van der Waals surface area contributed by atoms with Crippen molar-refractivity contribution in [3.63, 3.8) is 0 Å². The molecule has 0 aliphatic carbocycles. The molecule has 11 heteroatoms. The molecule has 1 aliphatic rings. The third-order valence-corrected chi connectivity index (χ3v) is 6.83. The number of alkyl halides is 10. The van der Waals surface area contributed by atoms with Crippen LogP contribution in [0.3, 0.4) is 0 Å². The van der Waals surface area contributed by atoms with Crippen molar-refractivity contribution in [1.82, 2.24) is 0 Å². The Morgan fingerprint density at radius 3 is 1.71 bits per heavy atom. The van der Waals surface area contributed by atoms with Crippen LogP contribution in [0.4, 0.5) is 39.5 Å². The zero-order chi connectivity index (χ0) is 16.3. The average molecular weight is 438 g/mol. The summed E-state index contributed by atoms with van der Waals surface area (Å²) in [6, 6.07) is 2.73. The standard InChI is InChI=1S/C10H4F9IO/c11-8(12,13)7(9(14,15)16)5-3-1-2-4-6(5)20(21-7)10(17,18)19/h1-4H. The molecule has 0 spiro atoms. The minimum absolute atomic E-state index is 0.375. The van der Waals surface area contributed by atoms with E-state index in [-0.39, 0.29) is 0 Å². The molecule has 1 heterocycles. The van der Waals surface area contributed by atoms with Gasteiger partial charge in [0.05, 0.1) is 0 Å². The van der Waals surface area contributed by atoms with Crippen LogP contribution in [0, 0.1) is 3.57 Å². The Bertz CT molecular complexity index is 531. The van der Waals surface area contributed by atoms with Crippen molar-refractivity contribution < 1.29 is 42.6 Å². The Morgan fingerprint density at radius 1 is 0.810 bits per heavy atom. The Labute approximate surface area is 119 Å². The van der Waals surface area contributed by atoms with Crippen LogP contribution in [0.15, 0.2) is 24.3 Å². The summed E-state index contributed by atoms with van der Waals surface area (Å²) in [5.74, 6) is 0. The molecular weight excluding hydrogens is 434 g/mol. The molecule has 0 fully saturated rings. The van der Waals surface area contributed by atoms with E-state index in [4.69, 9.17) is 0 Å². The minimum atomic E-state index is -6.06. The van der Waals surface area contributed by atoms with Gasteiger partial charge in [-0.1, -0.05) is 0 Å². The summed E-state index contributed by atoms with van der Waals surface area (Å²) < 4.78 is 114. The number of rotatable bonds is 0. The summed E-state index contributed by atoms with van der Waals surface area (Å²) in [7, 11) is 0. The van der Waals surface area contributed by atoms with Crippen LogP contribution < -0.4 is 0 Å². The van der Waals surface area contributed by atoms with E-state index >= 15 is 0 Å². The van der Waals surface area contributed by atoms with Crippen molar-refractivity contribution in [3.8, 4) is 0 Å². The van der Waals surface area contributed by atoms with E-state index in [9.17, 15) is 39.5 Å². The average Bonchev–Trinajstić information content (AvgIpc) is 2.63. The van der Waals surface area contributed by atoms with Crippen LogP contribution >= 0.6 is 20.2 Å². The summed E-state index contributed by atoms with van der Waals surface area (Å²) in [5.41, 5.74) is -6.44. The maximum atomic E-state index is 13.0. The van der Waals surface area contributed by atoms with Gasteiger partial charge in [0, 0.05) is 0 Å². The third-order valence-electron chi connectivity index (χ3n) is 2.62. The predicted octanol–water partition coefficient (Wildman–Crippen LogP) is 5.15. The summed E-state index contributed by atoms with van der Waals surface area (Å²) in [6.45, 7) is 0. The Balaban J connectivity index is 2.77. The van der Waals surface area contributed by atoms with Crippen LogP contribution in [0.1, 0.15) is 5.56 Å². The van der Waals surface area contributed by atoms with Gasteiger partial charge in [0.2, 0.25) is 0 Å². The molecule has 21 heavy (non-hydrogen) atoms. The molecule has 0 unspecified atom stereocenters. The van der Waals surface area contributed by atoms with Crippen molar-refractivity contribution in [2.75, 3.05) is 0 Å². The first-order valence-corrected chi connectivity index (χ1v) is 8.05. The monoisotopic (exact) mass is 438 g/mol. The molecule has 0 aromatic heterocycles. The fourth-order valence-corrected chi connectivity index (χ4v) is 5.97. The van der Waals surface area contributed by atoms with Gasteiger partial charge < -0.3 is 0 Å². The topological polar surface area (TPSA) is 9.23 Å². The Morgan fingerprint density at radius 2 is 1.29 bits per heavy atom. The van der Waals surface area contributed by atoms with E-state index in [0.29, 0.717) is 12.1 Å². The van der Waals surface area contributed by atoms with E-state index in [1.807, 2.05) is 0 Å².